The van der Waals surface area contributed by atoms with Crippen LogP contribution in [0, 0.1) is 49.4 Å². The SMILES string of the molecule is CC1(C)C(/C=C\C(=O)OC(C(F)(F)F)C(F)(F)F)C1C(=O)OC(C#N)c1cccc(Oc2ccccc2)c1.COc1cccc(C(=O)NN(C(=O)c2cc(C)cc(C)c2)C(C)(C)C)c1C. The van der Waals surface area contributed by atoms with Gasteiger partial charge in [-0.25, -0.2) is 9.80 Å². The Balaban J connectivity index is 0.000000302. The number of methoxy groups -OCH3 is 1. The van der Waals surface area contributed by atoms with Gasteiger partial charge in [0.2, 0.25) is 6.10 Å². The predicted molar refractivity (Wildman–Crippen MR) is 226 cm³/mol. The second-order valence-corrected chi connectivity index (χ2v) is 16.8. The molecule has 0 radical (unpaired) electrons. The maximum atomic E-state index is 13.2. The van der Waals surface area contributed by atoms with Crippen molar-refractivity contribution in [3.8, 4) is 23.3 Å². The average molecular weight is 910 g/mol. The van der Waals surface area contributed by atoms with Crippen LogP contribution in [0.3, 0.4) is 0 Å². The third kappa shape index (κ3) is 13.3. The van der Waals surface area contributed by atoms with E-state index in [0.717, 1.165) is 22.8 Å². The number of allylic oxidation sites excluding steroid dienone is 1. The van der Waals surface area contributed by atoms with Gasteiger partial charge in [0.25, 0.3) is 17.9 Å². The summed E-state index contributed by atoms with van der Waals surface area (Å²) >= 11 is 0. The van der Waals surface area contributed by atoms with Crippen LogP contribution in [-0.2, 0) is 19.1 Å². The first-order valence-electron chi connectivity index (χ1n) is 20.0. The quantitative estimate of drug-likeness (QED) is 0.0673. The number of alkyl halides is 6. The Kier molecular flexibility index (Phi) is 15.9. The van der Waals surface area contributed by atoms with Crippen LogP contribution >= 0.6 is 0 Å². The molecule has 0 aliphatic heterocycles. The van der Waals surface area contributed by atoms with Crippen molar-refractivity contribution in [2.24, 2.45) is 17.3 Å². The van der Waals surface area contributed by atoms with E-state index in [-0.39, 0.29) is 11.8 Å². The maximum absolute atomic E-state index is 13.2. The largest absolute Gasteiger partial charge is 0.496 e. The van der Waals surface area contributed by atoms with Gasteiger partial charge in [-0.3, -0.25) is 19.8 Å². The van der Waals surface area contributed by atoms with Crippen LogP contribution in [0.1, 0.15) is 83.7 Å². The molecule has 0 heterocycles. The second kappa shape index (κ2) is 20.3. The van der Waals surface area contributed by atoms with Crippen molar-refractivity contribution >= 4 is 23.8 Å². The number of halogens is 6. The van der Waals surface area contributed by atoms with Crippen LogP contribution in [0.15, 0.2) is 103 Å². The molecule has 1 aliphatic carbocycles. The predicted octanol–water partition coefficient (Wildman–Crippen LogP) is 10.7. The van der Waals surface area contributed by atoms with E-state index in [9.17, 15) is 50.8 Å². The first kappa shape index (κ1) is 50.8. The van der Waals surface area contributed by atoms with Gasteiger partial charge >= 0.3 is 24.3 Å². The maximum Gasteiger partial charge on any atom is 0.434 e. The standard InChI is InChI=1S/C26H21F6NO5.C22H28N2O3/c1-24(2)18(11-12-20(34)38-23(25(27,28)29)26(30,31)32)21(24)22(35)37-19(14-33)15-7-6-10-17(13-15)36-16-8-4-3-5-9-16;1-14-11-15(2)13-17(12-14)21(26)24(22(4,5)6)23-20(25)18-9-8-10-19(27-7)16(18)3/h3-13,18-19,21,23H,1-2H3;8-13H,1-7H3,(H,23,25)/b12-11-;. The molecule has 65 heavy (non-hydrogen) atoms. The third-order valence-electron chi connectivity index (χ3n) is 10.2. The molecule has 0 spiro atoms. The zero-order valence-electron chi connectivity index (χ0n) is 37.1. The van der Waals surface area contributed by atoms with Gasteiger partial charge in [-0.05, 0) is 101 Å². The molecular formula is C48H49F6N3O8. The lowest BCUT2D eigenvalue weighted by molar-refractivity contribution is -0.312. The Hall–Kier alpha value is -6.83. The molecule has 5 rings (SSSR count). The van der Waals surface area contributed by atoms with Crippen molar-refractivity contribution in [2.45, 2.75) is 85.5 Å². The molecule has 0 aromatic heterocycles. The number of carbonyl (C=O) groups is 4. The monoisotopic (exact) mass is 909 g/mol. The van der Waals surface area contributed by atoms with Crippen LogP contribution in [0.25, 0.3) is 0 Å². The fraction of sp³-hybridized carbons (Fsp3) is 0.354. The molecule has 1 N–H and O–H groups in total. The molecule has 3 unspecified atom stereocenters. The van der Waals surface area contributed by atoms with Crippen molar-refractivity contribution in [1.82, 2.24) is 10.4 Å². The molecule has 4 aromatic carbocycles. The molecule has 2 amide bonds. The number of ether oxygens (including phenoxy) is 4. The number of amides is 2. The average Bonchev–Trinajstić information content (AvgIpc) is 3.78. The minimum atomic E-state index is -5.84. The highest BCUT2D eigenvalue weighted by molar-refractivity contribution is 6.00. The minimum Gasteiger partial charge on any atom is -0.496 e. The summed E-state index contributed by atoms with van der Waals surface area (Å²) in [5.74, 6) is -3.41. The summed E-state index contributed by atoms with van der Waals surface area (Å²) in [6, 6.07) is 27.9. The van der Waals surface area contributed by atoms with Crippen molar-refractivity contribution in [3.05, 3.63) is 137 Å². The fourth-order valence-corrected chi connectivity index (χ4v) is 6.86. The summed E-state index contributed by atoms with van der Waals surface area (Å²) in [6.45, 7) is 14.5. The molecule has 0 bridgehead atoms. The number of esters is 2. The van der Waals surface area contributed by atoms with Gasteiger partial charge in [0.15, 0.2) is 0 Å². The van der Waals surface area contributed by atoms with Gasteiger partial charge in [0.1, 0.15) is 23.3 Å². The molecule has 17 heteroatoms. The lowest BCUT2D eigenvalue weighted by Gasteiger charge is -2.35. The van der Waals surface area contributed by atoms with Crippen molar-refractivity contribution in [2.75, 3.05) is 7.11 Å². The van der Waals surface area contributed by atoms with Crippen molar-refractivity contribution in [3.63, 3.8) is 0 Å². The summed E-state index contributed by atoms with van der Waals surface area (Å²) in [7, 11) is 1.56. The summed E-state index contributed by atoms with van der Waals surface area (Å²) in [6.07, 6.45) is -15.9. The van der Waals surface area contributed by atoms with E-state index in [1.54, 1.807) is 87.7 Å². The molecule has 11 nitrogen and oxygen atoms in total. The molecule has 1 fully saturated rings. The van der Waals surface area contributed by atoms with E-state index in [1.165, 1.54) is 11.1 Å². The van der Waals surface area contributed by atoms with Crippen LogP contribution in [0.4, 0.5) is 26.3 Å². The highest BCUT2D eigenvalue weighted by Gasteiger charge is 2.62. The van der Waals surface area contributed by atoms with Gasteiger partial charge in [-0.15, -0.1) is 0 Å². The smallest absolute Gasteiger partial charge is 0.434 e. The topological polar surface area (TPSA) is 144 Å². The van der Waals surface area contributed by atoms with Gasteiger partial charge in [0.05, 0.1) is 18.6 Å². The number of para-hydroxylation sites is 1. The Morgan fingerprint density at radius 3 is 1.94 bits per heavy atom. The number of benzene rings is 4. The number of nitriles is 1. The molecule has 3 atom stereocenters. The number of carbonyl (C=O) groups excluding carboxylic acids is 4. The molecule has 1 saturated carbocycles. The number of nitrogens with zero attached hydrogens (tertiary/aromatic N) is 2. The van der Waals surface area contributed by atoms with Crippen molar-refractivity contribution in [1.29, 1.82) is 5.26 Å². The number of hydrogen-bond acceptors (Lipinski definition) is 9. The molecule has 0 saturated heterocycles. The Morgan fingerprint density at radius 2 is 1.38 bits per heavy atom. The molecular weight excluding hydrogens is 861 g/mol. The number of hydrazine groups is 1. The lowest BCUT2D eigenvalue weighted by atomic mass is 10.0. The zero-order chi connectivity index (χ0) is 48.7. The van der Waals surface area contributed by atoms with Crippen LogP contribution < -0.4 is 14.9 Å². The molecule has 346 valence electrons. The first-order chi connectivity index (χ1) is 30.2. The highest BCUT2D eigenvalue weighted by atomic mass is 19.4. The third-order valence-corrected chi connectivity index (χ3v) is 10.2. The van der Waals surface area contributed by atoms with E-state index in [2.05, 4.69) is 10.2 Å². The van der Waals surface area contributed by atoms with E-state index >= 15 is 0 Å². The summed E-state index contributed by atoms with van der Waals surface area (Å²) in [5.41, 5.74) is 5.40. The van der Waals surface area contributed by atoms with Gasteiger partial charge in [-0.1, -0.05) is 73.5 Å². The number of hydrogen-bond donors (Lipinski definition) is 1. The Labute approximate surface area is 372 Å². The van der Waals surface area contributed by atoms with Crippen LogP contribution in [0.5, 0.6) is 17.2 Å². The second-order valence-electron chi connectivity index (χ2n) is 16.8. The Morgan fingerprint density at radius 1 is 0.800 bits per heavy atom. The fourth-order valence-electron chi connectivity index (χ4n) is 6.86. The molecule has 4 aromatic rings. The number of aryl methyl sites for hydroxylation is 2. The minimum absolute atomic E-state index is 0.247. The number of rotatable bonds is 11. The highest BCUT2D eigenvalue weighted by Crippen LogP contribution is 2.60. The Bertz CT molecular complexity index is 2400. The van der Waals surface area contributed by atoms with Crippen LogP contribution in [-0.4, -0.2) is 59.9 Å². The van der Waals surface area contributed by atoms with Crippen molar-refractivity contribution < 1.29 is 64.5 Å². The zero-order valence-corrected chi connectivity index (χ0v) is 37.1. The van der Waals surface area contributed by atoms with E-state index in [1.807, 2.05) is 65.8 Å². The summed E-state index contributed by atoms with van der Waals surface area (Å²) in [5, 5.41) is 11.0. The van der Waals surface area contributed by atoms with Gasteiger partial charge < -0.3 is 18.9 Å². The summed E-state index contributed by atoms with van der Waals surface area (Å²) < 4.78 is 95.5. The van der Waals surface area contributed by atoms with Gasteiger partial charge in [0, 0.05) is 28.3 Å². The van der Waals surface area contributed by atoms with Gasteiger partial charge in [-0.2, -0.15) is 31.6 Å². The van der Waals surface area contributed by atoms with E-state index < -0.39 is 59.3 Å². The van der Waals surface area contributed by atoms with E-state index in [4.69, 9.17) is 14.2 Å². The normalized spacial score (nSPS) is 16.0. The number of nitrogens with one attached hydrogen (secondary N) is 1. The van der Waals surface area contributed by atoms with E-state index in [0.29, 0.717) is 40.0 Å². The summed E-state index contributed by atoms with van der Waals surface area (Å²) in [4.78, 5) is 50.5. The molecule has 1 aliphatic rings. The first-order valence-corrected chi connectivity index (χ1v) is 20.0. The van der Waals surface area contributed by atoms with Crippen LogP contribution in [0.2, 0.25) is 0 Å². The lowest BCUT2D eigenvalue weighted by Crippen LogP contribution is -2.56.